The van der Waals surface area contributed by atoms with E-state index in [1.807, 2.05) is 0 Å². The van der Waals surface area contributed by atoms with E-state index >= 15 is 0 Å². The fraction of sp³-hybridized carbons (Fsp3) is 0. The van der Waals surface area contributed by atoms with Crippen LogP contribution in [0.25, 0.3) is 0 Å². The summed E-state index contributed by atoms with van der Waals surface area (Å²) in [5.41, 5.74) is 0.102. The van der Waals surface area contributed by atoms with Gasteiger partial charge in [0.1, 0.15) is 10.7 Å². The van der Waals surface area contributed by atoms with E-state index in [9.17, 15) is 12.8 Å². The first-order valence-corrected chi connectivity index (χ1v) is 7.84. The molecule has 8 heteroatoms. The first-order valence-electron chi connectivity index (χ1n) is 5.22. The number of rotatable bonds is 3. The van der Waals surface area contributed by atoms with Gasteiger partial charge in [0.25, 0.3) is 10.0 Å². The third-order valence-corrected chi connectivity index (χ3v) is 4.54. The molecule has 3 nitrogen and oxygen atoms in total. The number of anilines is 1. The molecule has 0 unspecified atom stereocenters. The summed E-state index contributed by atoms with van der Waals surface area (Å²) in [5.74, 6) is -0.949. The van der Waals surface area contributed by atoms with Crippen molar-refractivity contribution < 1.29 is 12.8 Å². The van der Waals surface area contributed by atoms with Crippen LogP contribution in [0, 0.1) is 5.82 Å². The van der Waals surface area contributed by atoms with Gasteiger partial charge >= 0.3 is 0 Å². The van der Waals surface area contributed by atoms with Crippen molar-refractivity contribution in [1.82, 2.24) is 0 Å². The summed E-state index contributed by atoms with van der Waals surface area (Å²) in [6.45, 7) is 0. The van der Waals surface area contributed by atoms with Crippen LogP contribution in [-0.2, 0) is 10.0 Å². The maximum atomic E-state index is 13.7. The van der Waals surface area contributed by atoms with Crippen molar-refractivity contribution in [3.05, 3.63) is 57.3 Å². The maximum Gasteiger partial charge on any atom is 0.264 e. The number of hydrogen-bond donors (Lipinski definition) is 1. The Morgan fingerprint density at radius 1 is 0.950 bits per heavy atom. The van der Waals surface area contributed by atoms with E-state index in [1.54, 1.807) is 0 Å². The van der Waals surface area contributed by atoms with Crippen molar-refractivity contribution in [2.24, 2.45) is 0 Å². The lowest BCUT2D eigenvalue weighted by Gasteiger charge is -2.10. The van der Waals surface area contributed by atoms with E-state index in [4.69, 9.17) is 34.8 Å². The van der Waals surface area contributed by atoms with Gasteiger partial charge in [-0.1, -0.05) is 34.8 Å². The molecule has 20 heavy (non-hydrogen) atoms. The molecule has 0 aromatic heterocycles. The van der Waals surface area contributed by atoms with Crippen LogP contribution in [0.3, 0.4) is 0 Å². The van der Waals surface area contributed by atoms with Crippen LogP contribution in [0.4, 0.5) is 10.1 Å². The molecule has 0 heterocycles. The molecule has 0 aliphatic heterocycles. The number of sulfonamides is 1. The van der Waals surface area contributed by atoms with E-state index in [0.29, 0.717) is 5.02 Å². The Bertz CT molecular complexity index is 765. The summed E-state index contributed by atoms with van der Waals surface area (Å²) in [6.07, 6.45) is 0. The Morgan fingerprint density at radius 3 is 2.15 bits per heavy atom. The smallest absolute Gasteiger partial charge is 0.264 e. The van der Waals surface area contributed by atoms with Gasteiger partial charge in [-0.2, -0.15) is 0 Å². The number of nitrogens with one attached hydrogen (secondary N) is 1. The van der Waals surface area contributed by atoms with E-state index in [-0.39, 0.29) is 15.7 Å². The fourth-order valence-corrected chi connectivity index (χ4v) is 3.28. The highest BCUT2D eigenvalue weighted by atomic mass is 35.5. The predicted molar refractivity (Wildman–Crippen MR) is 78.7 cm³/mol. The van der Waals surface area contributed by atoms with Gasteiger partial charge in [-0.3, -0.25) is 4.72 Å². The lowest BCUT2D eigenvalue weighted by Crippen LogP contribution is -2.14. The number of hydrogen-bond acceptors (Lipinski definition) is 2. The summed E-state index contributed by atoms with van der Waals surface area (Å²) in [5, 5.41) is 0.567. The first kappa shape index (κ1) is 15.4. The quantitative estimate of drug-likeness (QED) is 0.876. The summed E-state index contributed by atoms with van der Waals surface area (Å²) >= 11 is 17.2. The number of benzene rings is 2. The standard InChI is InChI=1S/C12H7Cl3FNO2S/c13-7-1-3-11(9(15)5-7)17-20(18,19)12-4-2-8(14)6-10(12)16/h1-6,17H. The molecular formula is C12H7Cl3FNO2S. The fourth-order valence-electron chi connectivity index (χ4n) is 1.47. The summed E-state index contributed by atoms with van der Waals surface area (Å²) in [7, 11) is -4.11. The van der Waals surface area contributed by atoms with E-state index < -0.39 is 20.7 Å². The molecule has 0 amide bonds. The largest absolute Gasteiger partial charge is 0.278 e. The Hall–Kier alpha value is -1.01. The van der Waals surface area contributed by atoms with Crippen LogP contribution in [-0.4, -0.2) is 8.42 Å². The van der Waals surface area contributed by atoms with Crippen LogP contribution in [0.2, 0.25) is 15.1 Å². The highest BCUT2D eigenvalue weighted by Crippen LogP contribution is 2.28. The molecular weight excluding hydrogens is 348 g/mol. The third-order valence-electron chi connectivity index (χ3n) is 2.36. The lowest BCUT2D eigenvalue weighted by molar-refractivity contribution is 0.570. The second-order valence-electron chi connectivity index (χ2n) is 3.80. The van der Waals surface area contributed by atoms with Gasteiger partial charge < -0.3 is 0 Å². The Kier molecular flexibility index (Phi) is 4.44. The molecule has 0 aliphatic rings. The van der Waals surface area contributed by atoms with Crippen LogP contribution in [0.1, 0.15) is 0 Å². The highest BCUT2D eigenvalue weighted by Gasteiger charge is 2.20. The van der Waals surface area contributed by atoms with Gasteiger partial charge in [0.2, 0.25) is 0 Å². The van der Waals surface area contributed by atoms with Crippen molar-refractivity contribution in [3.8, 4) is 0 Å². The summed E-state index contributed by atoms with van der Waals surface area (Å²) in [4.78, 5) is -0.520. The van der Waals surface area contributed by atoms with Crippen LogP contribution in [0.5, 0.6) is 0 Å². The van der Waals surface area contributed by atoms with Crippen molar-refractivity contribution in [1.29, 1.82) is 0 Å². The van der Waals surface area contributed by atoms with E-state index in [1.165, 1.54) is 24.3 Å². The molecule has 0 radical (unpaired) electrons. The maximum absolute atomic E-state index is 13.7. The Labute approximate surface area is 130 Å². The molecule has 0 spiro atoms. The molecule has 0 saturated heterocycles. The molecule has 2 rings (SSSR count). The summed E-state index contributed by atoms with van der Waals surface area (Å²) in [6, 6.07) is 7.49. The minimum atomic E-state index is -4.11. The third kappa shape index (κ3) is 3.35. The van der Waals surface area contributed by atoms with Crippen LogP contribution in [0.15, 0.2) is 41.3 Å². The van der Waals surface area contributed by atoms with Gasteiger partial charge in [-0.25, -0.2) is 12.8 Å². The highest BCUT2D eigenvalue weighted by molar-refractivity contribution is 7.92. The molecule has 2 aromatic rings. The average molecular weight is 355 g/mol. The van der Waals surface area contributed by atoms with Crippen LogP contribution < -0.4 is 4.72 Å². The SMILES string of the molecule is O=S(=O)(Nc1ccc(Cl)cc1Cl)c1ccc(Cl)cc1F. The molecule has 0 aliphatic carbocycles. The van der Waals surface area contributed by atoms with Crippen molar-refractivity contribution in [2.45, 2.75) is 4.90 Å². The molecule has 2 aromatic carbocycles. The zero-order valence-electron chi connectivity index (χ0n) is 9.70. The molecule has 0 saturated carbocycles. The normalized spacial score (nSPS) is 11.4. The molecule has 106 valence electrons. The van der Waals surface area contributed by atoms with Gasteiger partial charge in [0.15, 0.2) is 0 Å². The number of halogens is 4. The van der Waals surface area contributed by atoms with Crippen molar-refractivity contribution >= 4 is 50.5 Å². The zero-order valence-corrected chi connectivity index (χ0v) is 12.8. The van der Waals surface area contributed by atoms with Gasteiger partial charge in [-0.05, 0) is 36.4 Å². The summed E-state index contributed by atoms with van der Waals surface area (Å²) < 4.78 is 40.0. The van der Waals surface area contributed by atoms with Crippen LogP contribution >= 0.6 is 34.8 Å². The van der Waals surface area contributed by atoms with Crippen molar-refractivity contribution in [2.75, 3.05) is 4.72 Å². The second kappa shape index (κ2) is 5.77. The molecule has 0 bridgehead atoms. The first-order chi connectivity index (χ1) is 9.29. The monoisotopic (exact) mass is 353 g/mol. The van der Waals surface area contributed by atoms with Crippen molar-refractivity contribution in [3.63, 3.8) is 0 Å². The van der Waals surface area contributed by atoms with Gasteiger partial charge in [-0.15, -0.1) is 0 Å². The van der Waals surface area contributed by atoms with E-state index in [2.05, 4.69) is 4.72 Å². The van der Waals surface area contributed by atoms with Gasteiger partial charge in [0, 0.05) is 10.0 Å². The van der Waals surface area contributed by atoms with Gasteiger partial charge in [0.05, 0.1) is 10.7 Å². The zero-order chi connectivity index (χ0) is 14.9. The molecule has 0 fully saturated rings. The second-order valence-corrected chi connectivity index (χ2v) is 6.74. The lowest BCUT2D eigenvalue weighted by atomic mass is 10.3. The predicted octanol–water partition coefficient (Wildman–Crippen LogP) is 4.59. The molecule has 1 N–H and O–H groups in total. The van der Waals surface area contributed by atoms with E-state index in [0.717, 1.165) is 12.1 Å². The minimum absolute atomic E-state index is 0.102. The topological polar surface area (TPSA) is 46.2 Å². The minimum Gasteiger partial charge on any atom is -0.278 e. The Balaban J connectivity index is 2.41. The molecule has 0 atom stereocenters. The average Bonchev–Trinajstić information content (AvgIpc) is 2.32. The Morgan fingerprint density at radius 2 is 1.55 bits per heavy atom.